The molecular weight excluding hydrogens is 555 g/mol. The summed E-state index contributed by atoms with van der Waals surface area (Å²) in [6.45, 7) is 36.5. The van der Waals surface area contributed by atoms with Gasteiger partial charge < -0.3 is 0 Å². The molecule has 0 spiro atoms. The first-order valence-electron chi connectivity index (χ1n) is 17.5. The molecule has 45 heavy (non-hydrogen) atoms. The van der Waals surface area contributed by atoms with Crippen molar-refractivity contribution in [1.29, 1.82) is 0 Å². The molecule has 4 aromatic heterocycles. The second-order valence-corrected chi connectivity index (χ2v) is 15.8. The highest BCUT2D eigenvalue weighted by molar-refractivity contribution is 7.21. The molecule has 0 fully saturated rings. The molecule has 4 aromatic rings. The van der Waals surface area contributed by atoms with Crippen molar-refractivity contribution in [1.82, 2.24) is 40.8 Å². The van der Waals surface area contributed by atoms with E-state index in [1.807, 2.05) is 0 Å². The van der Waals surface area contributed by atoms with Gasteiger partial charge in [-0.1, -0.05) is 111 Å². The molecule has 0 aliphatic carbocycles. The lowest BCUT2D eigenvalue weighted by Gasteiger charge is -2.48. The number of hydrogen-bond donors (Lipinski definition) is 4. The summed E-state index contributed by atoms with van der Waals surface area (Å²) in [5.41, 5.74) is 14.3. The zero-order valence-corrected chi connectivity index (χ0v) is 31.0. The van der Waals surface area contributed by atoms with E-state index in [0.29, 0.717) is 0 Å². The van der Waals surface area contributed by atoms with Crippen LogP contribution < -0.4 is 21.9 Å². The average molecular weight is 616 g/mol. The summed E-state index contributed by atoms with van der Waals surface area (Å²) in [6, 6.07) is 0. The fourth-order valence-electron chi connectivity index (χ4n) is 7.72. The van der Waals surface area contributed by atoms with Crippen LogP contribution in [0.2, 0.25) is 0 Å². The maximum atomic E-state index is 5.18. The summed E-state index contributed by atoms with van der Waals surface area (Å²) in [4.78, 5) is 0. The Morgan fingerprint density at radius 2 is 0.489 bits per heavy atom. The van der Waals surface area contributed by atoms with Crippen LogP contribution in [0.5, 0.6) is 0 Å². The smallest absolute Gasteiger partial charge is 0.126 e. The average Bonchev–Trinajstić information content (AvgIpc) is 3.73. The third kappa shape index (κ3) is 5.63. The molecule has 0 saturated carbocycles. The van der Waals surface area contributed by atoms with Crippen molar-refractivity contribution in [2.24, 2.45) is 0 Å². The fourth-order valence-corrected chi connectivity index (χ4v) is 7.72. The lowest BCUT2D eigenvalue weighted by atomic mass is 9.10. The van der Waals surface area contributed by atoms with E-state index in [1.165, 1.54) is 44.6 Å². The molecule has 0 aliphatic rings. The molecule has 0 unspecified atom stereocenters. The van der Waals surface area contributed by atoms with Gasteiger partial charge in [-0.3, -0.25) is 20.4 Å². The molecule has 9 heteroatoms. The van der Waals surface area contributed by atoms with E-state index in [9.17, 15) is 0 Å². The van der Waals surface area contributed by atoms with Crippen LogP contribution in [0.15, 0.2) is 0 Å². The van der Waals surface area contributed by atoms with E-state index in [1.54, 1.807) is 0 Å². The zero-order valence-electron chi connectivity index (χ0n) is 31.0. The molecule has 4 N–H and O–H groups in total. The molecule has 0 atom stereocenters. The number of hydrogen-bond acceptors (Lipinski definition) is 4. The highest BCUT2D eigenvalue weighted by Gasteiger charge is 2.48. The number of nitrogens with zero attached hydrogens (tertiary/aromatic N) is 4. The molecule has 8 nitrogen and oxygen atoms in total. The Labute approximate surface area is 272 Å². The quantitative estimate of drug-likeness (QED) is 0.129. The lowest BCUT2D eigenvalue weighted by Crippen LogP contribution is -2.79. The Morgan fingerprint density at radius 1 is 0.311 bits per heavy atom. The Bertz CT molecular complexity index is 1250. The molecule has 4 rings (SSSR count). The van der Waals surface area contributed by atoms with E-state index in [4.69, 9.17) is 20.4 Å². The third-order valence-corrected chi connectivity index (χ3v) is 9.68. The molecule has 0 radical (unpaired) electrons. The first-order chi connectivity index (χ1) is 21.0. The van der Waals surface area contributed by atoms with Crippen molar-refractivity contribution in [2.45, 2.75) is 158 Å². The largest absolute Gasteiger partial charge is 0.285 e. The topological polar surface area (TPSA) is 115 Å². The highest BCUT2D eigenvalue weighted by Crippen LogP contribution is 2.33. The first kappa shape index (κ1) is 34.8. The summed E-state index contributed by atoms with van der Waals surface area (Å²) in [7, 11) is 0. The van der Waals surface area contributed by atoms with Gasteiger partial charge in [-0.05, 0) is 47.3 Å². The van der Waals surface area contributed by atoms with Crippen LogP contribution >= 0.6 is 0 Å². The predicted molar refractivity (Wildman–Crippen MR) is 191 cm³/mol. The molecule has 0 aromatic carbocycles. The number of aromatic nitrogens is 8. The second-order valence-electron chi connectivity index (χ2n) is 15.8. The minimum atomic E-state index is -1.94. The Balaban J connectivity index is 2.58. The van der Waals surface area contributed by atoms with Crippen molar-refractivity contribution in [3.8, 4) is 0 Å². The number of rotatable bonds is 12. The van der Waals surface area contributed by atoms with Crippen molar-refractivity contribution >= 4 is 28.0 Å². The molecule has 0 bridgehead atoms. The van der Waals surface area contributed by atoms with Gasteiger partial charge in [-0.25, -0.2) is 0 Å². The highest BCUT2D eigenvalue weighted by atomic mass is 15.2. The van der Waals surface area contributed by atoms with Gasteiger partial charge in [-0.2, -0.15) is 42.2 Å². The standard InChI is InChI=1S/C36H60BN8/c1-17(2)29-25(30(18(3)4)39-38-29)37(26-31(19(5)6)40-41-32(26)20(7)8,27-33(21(9)10)42-43-34(27)22(11)12)28-35(23(13)14)44-45-36(28)24(15)16/h17-24H,1-16H3,(H,38,39)(H,40,41)(H,42,43)(H,44,45)/q-1. The number of H-pyrrole nitrogens is 4. The van der Waals surface area contributed by atoms with Crippen molar-refractivity contribution < 1.29 is 0 Å². The predicted octanol–water partition coefficient (Wildman–Crippen LogP) is 6.94. The molecule has 4 heterocycles. The van der Waals surface area contributed by atoms with Crippen LogP contribution in [-0.2, 0) is 0 Å². The van der Waals surface area contributed by atoms with E-state index < -0.39 is 6.15 Å². The Morgan fingerprint density at radius 3 is 0.622 bits per heavy atom. The van der Waals surface area contributed by atoms with Gasteiger partial charge in [0.25, 0.3) is 0 Å². The first-order valence-corrected chi connectivity index (χ1v) is 17.5. The maximum Gasteiger partial charge on any atom is 0.126 e. The molecule has 0 saturated heterocycles. The van der Waals surface area contributed by atoms with Crippen molar-refractivity contribution in [2.75, 3.05) is 0 Å². The lowest BCUT2D eigenvalue weighted by molar-refractivity contribution is 0.791. The summed E-state index contributed by atoms with van der Waals surface area (Å²) in [5.74, 6) is 1.62. The van der Waals surface area contributed by atoms with Crippen LogP contribution in [-0.4, -0.2) is 46.9 Å². The van der Waals surface area contributed by atoms with Gasteiger partial charge in [0.05, 0.1) is 0 Å². The Kier molecular flexibility index (Phi) is 10.0. The molecule has 0 aliphatic heterocycles. The van der Waals surface area contributed by atoms with Crippen LogP contribution in [0, 0.1) is 0 Å². The van der Waals surface area contributed by atoms with Crippen LogP contribution in [0.3, 0.4) is 0 Å². The van der Waals surface area contributed by atoms with Gasteiger partial charge in [0, 0.05) is 45.6 Å². The molecule has 248 valence electrons. The van der Waals surface area contributed by atoms with E-state index in [0.717, 1.165) is 22.8 Å². The zero-order chi connectivity index (χ0) is 33.7. The van der Waals surface area contributed by atoms with Crippen LogP contribution in [0.1, 0.15) is 204 Å². The van der Waals surface area contributed by atoms with Gasteiger partial charge in [0.1, 0.15) is 6.15 Å². The fraction of sp³-hybridized carbons (Fsp3) is 0.667. The van der Waals surface area contributed by atoms with Crippen molar-refractivity contribution in [3.63, 3.8) is 0 Å². The Hall–Kier alpha value is -3.10. The summed E-state index contributed by atoms with van der Waals surface area (Å²) < 4.78 is 0. The SMILES string of the molecule is CC(C)c1n[nH]c(C(C)C)c1[B-](c1c(C(C)C)n[nH]c1C(C)C)(c1c(C(C)C)n[nH]c1C(C)C)c1c(C(C)C)n[nH]c1C(C)C. The van der Waals surface area contributed by atoms with Crippen molar-refractivity contribution in [3.05, 3.63) is 45.6 Å². The number of aromatic amines is 4. The minimum absolute atomic E-state index is 0.190. The van der Waals surface area contributed by atoms with Crippen LogP contribution in [0.4, 0.5) is 0 Å². The molecule has 0 amide bonds. The monoisotopic (exact) mass is 616 g/mol. The minimum Gasteiger partial charge on any atom is -0.285 e. The van der Waals surface area contributed by atoms with Gasteiger partial charge >= 0.3 is 0 Å². The molecular formula is C36H60BN8-. The summed E-state index contributed by atoms with van der Waals surface area (Å²) in [6.07, 6.45) is -1.94. The number of nitrogens with one attached hydrogen (secondary N) is 4. The van der Waals surface area contributed by atoms with E-state index in [2.05, 4.69) is 131 Å². The maximum absolute atomic E-state index is 5.18. The van der Waals surface area contributed by atoms with Gasteiger partial charge in [-0.15, -0.1) is 0 Å². The summed E-state index contributed by atoms with van der Waals surface area (Å²) >= 11 is 0. The normalized spacial score (nSPS) is 13.2. The summed E-state index contributed by atoms with van der Waals surface area (Å²) in [5, 5.41) is 35.2. The van der Waals surface area contributed by atoms with Crippen LogP contribution in [0.25, 0.3) is 0 Å². The van der Waals surface area contributed by atoms with Gasteiger partial charge in [0.15, 0.2) is 0 Å². The van der Waals surface area contributed by atoms with E-state index in [-0.39, 0.29) is 47.3 Å². The van der Waals surface area contributed by atoms with E-state index >= 15 is 0 Å². The van der Waals surface area contributed by atoms with Gasteiger partial charge in [0.2, 0.25) is 0 Å². The second kappa shape index (κ2) is 13.0. The third-order valence-electron chi connectivity index (χ3n) is 9.68.